The van der Waals surface area contributed by atoms with Crippen LogP contribution < -0.4 is 4.74 Å². The number of aliphatic hydroxyl groups is 1. The fourth-order valence-electron chi connectivity index (χ4n) is 3.06. The van der Waals surface area contributed by atoms with Crippen molar-refractivity contribution in [2.45, 2.75) is 32.7 Å². The second-order valence-electron chi connectivity index (χ2n) is 6.02. The maximum atomic E-state index is 8.85. The van der Waals surface area contributed by atoms with Crippen LogP contribution in [0.1, 0.15) is 23.4 Å². The Hall–Kier alpha value is -1.89. The first-order valence-electron chi connectivity index (χ1n) is 8.37. The van der Waals surface area contributed by atoms with Gasteiger partial charge in [0.25, 0.3) is 0 Å². The highest BCUT2D eigenvalue weighted by atomic mass is 16.5. The van der Waals surface area contributed by atoms with Gasteiger partial charge in [-0.25, -0.2) is 4.98 Å². The van der Waals surface area contributed by atoms with Crippen molar-refractivity contribution in [3.63, 3.8) is 0 Å². The molecule has 3 rings (SSSR count). The van der Waals surface area contributed by atoms with Crippen LogP contribution >= 0.6 is 0 Å². The zero-order valence-electron chi connectivity index (χ0n) is 14.1. The molecule has 0 radical (unpaired) electrons. The Bertz CT molecular complexity index is 639. The van der Waals surface area contributed by atoms with Crippen molar-refractivity contribution in [3.8, 4) is 5.75 Å². The van der Waals surface area contributed by atoms with Gasteiger partial charge in [0.2, 0.25) is 0 Å². The zero-order chi connectivity index (χ0) is 16.8. The molecular formula is C18H25N3O3. The lowest BCUT2D eigenvalue weighted by Gasteiger charge is -2.20. The highest BCUT2D eigenvalue weighted by molar-refractivity contribution is 5.27. The summed E-state index contributed by atoms with van der Waals surface area (Å²) in [5.74, 6) is 0.885. The van der Waals surface area contributed by atoms with E-state index in [0.29, 0.717) is 13.2 Å². The number of aryl methyl sites for hydroxylation is 1. The van der Waals surface area contributed by atoms with Crippen molar-refractivity contribution in [2.24, 2.45) is 0 Å². The summed E-state index contributed by atoms with van der Waals surface area (Å²) in [6.07, 6.45) is 3.01. The Morgan fingerprint density at radius 1 is 1.21 bits per heavy atom. The van der Waals surface area contributed by atoms with Crippen LogP contribution in [0.3, 0.4) is 0 Å². The number of hydrogen-bond acceptors (Lipinski definition) is 5. The van der Waals surface area contributed by atoms with Crippen molar-refractivity contribution >= 4 is 0 Å². The Morgan fingerprint density at radius 2 is 2.04 bits per heavy atom. The van der Waals surface area contributed by atoms with Crippen molar-refractivity contribution in [1.29, 1.82) is 0 Å². The number of nitrogens with zero attached hydrogens (tertiary/aromatic N) is 3. The van der Waals surface area contributed by atoms with Crippen LogP contribution in [0.5, 0.6) is 5.75 Å². The third-order valence-electron chi connectivity index (χ3n) is 4.32. The molecule has 24 heavy (non-hydrogen) atoms. The first-order valence-corrected chi connectivity index (χ1v) is 8.37. The summed E-state index contributed by atoms with van der Waals surface area (Å²) in [5.41, 5.74) is 3.48. The highest BCUT2D eigenvalue weighted by Crippen LogP contribution is 2.20. The number of aromatic nitrogens is 2. The normalized spacial score (nSPS) is 15.1. The predicted octanol–water partition coefficient (Wildman–Crippen LogP) is 1.81. The average Bonchev–Trinajstić information content (AvgIpc) is 2.86. The first-order chi connectivity index (χ1) is 11.8. The van der Waals surface area contributed by atoms with Crippen LogP contribution in [-0.2, 0) is 31.0 Å². The van der Waals surface area contributed by atoms with E-state index in [2.05, 4.69) is 26.6 Å². The Labute approximate surface area is 142 Å². The van der Waals surface area contributed by atoms with Gasteiger partial charge in [-0.15, -0.1) is 0 Å². The first kappa shape index (κ1) is 17.0. The SMILES string of the molecule is COc1ccc(CN2CCCn3cnc(COCCO)c3C2)cc1. The van der Waals surface area contributed by atoms with Crippen LogP contribution in [0.4, 0.5) is 0 Å². The van der Waals surface area contributed by atoms with E-state index in [0.717, 1.165) is 44.0 Å². The predicted molar refractivity (Wildman–Crippen MR) is 90.7 cm³/mol. The third-order valence-corrected chi connectivity index (χ3v) is 4.32. The molecule has 1 N–H and O–H groups in total. The molecule has 1 aliphatic heterocycles. The van der Waals surface area contributed by atoms with E-state index < -0.39 is 0 Å². The van der Waals surface area contributed by atoms with Gasteiger partial charge in [-0.3, -0.25) is 4.90 Å². The molecule has 0 spiro atoms. The van der Waals surface area contributed by atoms with Crippen LogP contribution in [0.15, 0.2) is 30.6 Å². The fraction of sp³-hybridized carbons (Fsp3) is 0.500. The number of hydrogen-bond donors (Lipinski definition) is 1. The molecule has 0 amide bonds. The molecular weight excluding hydrogens is 306 g/mol. The standard InChI is InChI=1S/C18H25N3O3/c1-23-16-5-3-15(4-6-16)11-20-7-2-8-21-14-19-17(18(21)12-20)13-24-10-9-22/h3-6,14,22H,2,7-13H2,1H3. The zero-order valence-corrected chi connectivity index (χ0v) is 14.1. The van der Waals surface area contributed by atoms with Gasteiger partial charge >= 0.3 is 0 Å². The second kappa shape index (κ2) is 8.28. The van der Waals surface area contributed by atoms with E-state index in [1.165, 1.54) is 11.3 Å². The van der Waals surface area contributed by atoms with E-state index in [-0.39, 0.29) is 6.61 Å². The summed E-state index contributed by atoms with van der Waals surface area (Å²) < 4.78 is 12.9. The number of benzene rings is 1. The van der Waals surface area contributed by atoms with Gasteiger partial charge in [-0.05, 0) is 24.1 Å². The molecule has 2 aromatic rings. The van der Waals surface area contributed by atoms with Crippen molar-refractivity contribution in [3.05, 3.63) is 47.5 Å². The molecule has 1 aromatic heterocycles. The summed E-state index contributed by atoms with van der Waals surface area (Å²) in [6.45, 7) is 4.67. The Balaban J connectivity index is 1.67. The van der Waals surface area contributed by atoms with Gasteiger partial charge in [0, 0.05) is 26.2 Å². The van der Waals surface area contributed by atoms with Crippen LogP contribution in [-0.4, -0.2) is 46.4 Å². The van der Waals surface area contributed by atoms with E-state index in [9.17, 15) is 0 Å². The third kappa shape index (κ3) is 4.14. The summed E-state index contributed by atoms with van der Waals surface area (Å²) in [5, 5.41) is 8.85. The molecule has 0 unspecified atom stereocenters. The summed E-state index contributed by atoms with van der Waals surface area (Å²) >= 11 is 0. The van der Waals surface area contributed by atoms with Gasteiger partial charge in [-0.1, -0.05) is 12.1 Å². The van der Waals surface area contributed by atoms with Gasteiger partial charge in [0.05, 0.1) is 44.6 Å². The lowest BCUT2D eigenvalue weighted by Crippen LogP contribution is -2.23. The molecule has 1 aliphatic rings. The fourth-order valence-corrected chi connectivity index (χ4v) is 3.06. The summed E-state index contributed by atoms with van der Waals surface area (Å²) in [6, 6.07) is 8.25. The molecule has 6 nitrogen and oxygen atoms in total. The molecule has 0 bridgehead atoms. The molecule has 0 fully saturated rings. The number of imidazole rings is 1. The quantitative estimate of drug-likeness (QED) is 0.784. The minimum Gasteiger partial charge on any atom is -0.497 e. The number of rotatable bonds is 7. The maximum Gasteiger partial charge on any atom is 0.118 e. The molecule has 0 saturated carbocycles. The van der Waals surface area contributed by atoms with Gasteiger partial charge in [-0.2, -0.15) is 0 Å². The van der Waals surface area contributed by atoms with E-state index in [1.54, 1.807) is 7.11 Å². The highest BCUT2D eigenvalue weighted by Gasteiger charge is 2.19. The summed E-state index contributed by atoms with van der Waals surface area (Å²) in [4.78, 5) is 6.93. The Morgan fingerprint density at radius 3 is 2.79 bits per heavy atom. The lowest BCUT2D eigenvalue weighted by molar-refractivity contribution is 0.0790. The largest absolute Gasteiger partial charge is 0.497 e. The summed E-state index contributed by atoms with van der Waals surface area (Å²) in [7, 11) is 1.69. The monoisotopic (exact) mass is 331 g/mol. The van der Waals surface area contributed by atoms with E-state index >= 15 is 0 Å². The number of fused-ring (bicyclic) bond motifs is 1. The Kier molecular flexibility index (Phi) is 5.85. The van der Waals surface area contributed by atoms with Crippen LogP contribution in [0.25, 0.3) is 0 Å². The topological polar surface area (TPSA) is 59.8 Å². The average molecular weight is 331 g/mol. The molecule has 1 aromatic carbocycles. The lowest BCUT2D eigenvalue weighted by atomic mass is 10.2. The van der Waals surface area contributed by atoms with Gasteiger partial charge in [0.1, 0.15) is 5.75 Å². The second-order valence-corrected chi connectivity index (χ2v) is 6.02. The number of methoxy groups -OCH3 is 1. The van der Waals surface area contributed by atoms with E-state index in [4.69, 9.17) is 14.6 Å². The van der Waals surface area contributed by atoms with E-state index in [1.807, 2.05) is 18.5 Å². The molecule has 6 heteroatoms. The number of ether oxygens (including phenoxy) is 2. The van der Waals surface area contributed by atoms with Gasteiger partial charge in [0.15, 0.2) is 0 Å². The van der Waals surface area contributed by atoms with Crippen molar-refractivity contribution < 1.29 is 14.6 Å². The molecule has 0 saturated heterocycles. The minimum absolute atomic E-state index is 0.0413. The molecule has 2 heterocycles. The smallest absolute Gasteiger partial charge is 0.118 e. The van der Waals surface area contributed by atoms with Crippen molar-refractivity contribution in [1.82, 2.24) is 14.5 Å². The molecule has 0 aliphatic carbocycles. The van der Waals surface area contributed by atoms with Crippen molar-refractivity contribution in [2.75, 3.05) is 26.9 Å². The molecule has 0 atom stereocenters. The van der Waals surface area contributed by atoms with Gasteiger partial charge < -0.3 is 19.1 Å². The van der Waals surface area contributed by atoms with Crippen LogP contribution in [0.2, 0.25) is 0 Å². The molecule has 130 valence electrons. The number of aliphatic hydroxyl groups excluding tert-OH is 1. The minimum atomic E-state index is 0.0413. The van der Waals surface area contributed by atoms with Crippen LogP contribution in [0, 0.1) is 0 Å². The maximum absolute atomic E-state index is 8.85.